The van der Waals surface area contributed by atoms with Gasteiger partial charge in [-0.15, -0.1) is 0 Å². The highest BCUT2D eigenvalue weighted by atomic mass is 32.2. The monoisotopic (exact) mass is 288 g/mol. The molecule has 1 aromatic carbocycles. The summed E-state index contributed by atoms with van der Waals surface area (Å²) in [6.45, 7) is 2.49. The minimum absolute atomic E-state index is 0.231. The minimum atomic E-state index is -3.41. The van der Waals surface area contributed by atoms with Crippen LogP contribution in [0.15, 0.2) is 12.1 Å². The summed E-state index contributed by atoms with van der Waals surface area (Å²) in [6.07, 6.45) is 1.50. The standard InChI is InChI=1S/C11H13FN2O2S2/c1-3-14-10(17)5-7-4-8(13-18(2,15)16)6-9(12)11(7)14/h4,6,13H,3,5H2,1-2H3. The largest absolute Gasteiger partial charge is 0.333 e. The number of sulfonamides is 1. The van der Waals surface area contributed by atoms with E-state index in [9.17, 15) is 12.8 Å². The molecular weight excluding hydrogens is 275 g/mol. The number of halogens is 1. The van der Waals surface area contributed by atoms with Gasteiger partial charge < -0.3 is 4.90 Å². The van der Waals surface area contributed by atoms with Gasteiger partial charge in [-0.1, -0.05) is 12.2 Å². The van der Waals surface area contributed by atoms with Crippen LogP contribution in [0.3, 0.4) is 0 Å². The lowest BCUT2D eigenvalue weighted by atomic mass is 10.1. The summed E-state index contributed by atoms with van der Waals surface area (Å²) in [4.78, 5) is 2.38. The number of likely N-dealkylation sites (N-methyl/N-ethyl adjacent to an activating group) is 1. The quantitative estimate of drug-likeness (QED) is 0.863. The summed E-state index contributed by atoms with van der Waals surface area (Å²) < 4.78 is 38.5. The fourth-order valence-electron chi connectivity index (χ4n) is 2.08. The third kappa shape index (κ3) is 2.46. The van der Waals surface area contributed by atoms with Crippen LogP contribution in [-0.2, 0) is 16.4 Å². The van der Waals surface area contributed by atoms with E-state index in [1.54, 1.807) is 11.0 Å². The Labute approximate surface area is 111 Å². The van der Waals surface area contributed by atoms with Crippen molar-refractivity contribution in [3.05, 3.63) is 23.5 Å². The first kappa shape index (κ1) is 13.2. The van der Waals surface area contributed by atoms with Gasteiger partial charge in [-0.3, -0.25) is 4.72 Å². The third-order valence-electron chi connectivity index (χ3n) is 2.67. The average molecular weight is 288 g/mol. The Morgan fingerprint density at radius 2 is 2.17 bits per heavy atom. The van der Waals surface area contributed by atoms with Gasteiger partial charge in [0, 0.05) is 19.0 Å². The molecule has 0 aromatic heterocycles. The highest BCUT2D eigenvalue weighted by Gasteiger charge is 2.27. The van der Waals surface area contributed by atoms with Gasteiger partial charge in [0.25, 0.3) is 0 Å². The Morgan fingerprint density at radius 3 is 2.72 bits per heavy atom. The second-order valence-electron chi connectivity index (χ2n) is 4.15. The van der Waals surface area contributed by atoms with Crippen molar-refractivity contribution in [1.82, 2.24) is 0 Å². The highest BCUT2D eigenvalue weighted by Crippen LogP contribution is 2.34. The molecule has 0 atom stereocenters. The maximum absolute atomic E-state index is 14.0. The normalized spacial score (nSPS) is 14.8. The molecule has 18 heavy (non-hydrogen) atoms. The lowest BCUT2D eigenvalue weighted by Gasteiger charge is -2.17. The molecule has 1 N–H and O–H groups in total. The first-order valence-corrected chi connectivity index (χ1v) is 7.72. The summed E-state index contributed by atoms with van der Waals surface area (Å²) in [7, 11) is -3.41. The lowest BCUT2D eigenvalue weighted by Crippen LogP contribution is -2.25. The number of fused-ring (bicyclic) bond motifs is 1. The van der Waals surface area contributed by atoms with E-state index in [4.69, 9.17) is 12.2 Å². The van der Waals surface area contributed by atoms with Gasteiger partial charge in [0.05, 0.1) is 22.6 Å². The molecule has 0 fully saturated rings. The van der Waals surface area contributed by atoms with E-state index >= 15 is 0 Å². The molecule has 1 aliphatic heterocycles. The number of thiocarbonyl (C=S) groups is 1. The molecule has 7 heteroatoms. The molecule has 98 valence electrons. The van der Waals surface area contributed by atoms with Crippen LogP contribution in [0.1, 0.15) is 12.5 Å². The van der Waals surface area contributed by atoms with Crippen molar-refractivity contribution in [2.45, 2.75) is 13.3 Å². The van der Waals surface area contributed by atoms with Crippen molar-refractivity contribution in [3.63, 3.8) is 0 Å². The van der Waals surface area contributed by atoms with Crippen molar-refractivity contribution in [3.8, 4) is 0 Å². The second kappa shape index (κ2) is 4.47. The zero-order chi connectivity index (χ0) is 13.5. The predicted molar refractivity (Wildman–Crippen MR) is 74.2 cm³/mol. The first-order chi connectivity index (χ1) is 8.31. The first-order valence-electron chi connectivity index (χ1n) is 5.42. The summed E-state index contributed by atoms with van der Waals surface area (Å²) in [5.74, 6) is -0.458. The molecule has 0 bridgehead atoms. The van der Waals surface area contributed by atoms with Crippen LogP contribution in [0.2, 0.25) is 0 Å². The maximum Gasteiger partial charge on any atom is 0.229 e. The van der Waals surface area contributed by atoms with E-state index in [1.165, 1.54) is 6.07 Å². The van der Waals surface area contributed by atoms with E-state index in [-0.39, 0.29) is 5.69 Å². The number of rotatable bonds is 3. The average Bonchev–Trinajstić information content (AvgIpc) is 2.51. The second-order valence-corrected chi connectivity index (χ2v) is 6.37. The Kier molecular flexibility index (Phi) is 3.29. The van der Waals surface area contributed by atoms with E-state index in [0.717, 1.165) is 6.26 Å². The minimum Gasteiger partial charge on any atom is -0.333 e. The molecule has 0 spiro atoms. The van der Waals surface area contributed by atoms with Gasteiger partial charge in [0.15, 0.2) is 0 Å². The number of nitrogens with one attached hydrogen (secondary N) is 1. The van der Waals surface area contributed by atoms with Crippen molar-refractivity contribution < 1.29 is 12.8 Å². The molecule has 1 aliphatic rings. The molecule has 4 nitrogen and oxygen atoms in total. The van der Waals surface area contributed by atoms with Crippen LogP contribution in [0, 0.1) is 5.82 Å². The SMILES string of the molecule is CCN1C(=S)Cc2cc(NS(C)(=O)=O)cc(F)c21. The van der Waals surface area contributed by atoms with Crippen molar-refractivity contribution in [1.29, 1.82) is 0 Å². The fraction of sp³-hybridized carbons (Fsp3) is 0.364. The van der Waals surface area contributed by atoms with Crippen LogP contribution in [-0.4, -0.2) is 26.2 Å². The molecule has 0 amide bonds. The Balaban J connectivity index is 2.47. The topological polar surface area (TPSA) is 49.4 Å². The Bertz CT molecular complexity index is 614. The molecule has 0 unspecified atom stereocenters. The van der Waals surface area contributed by atoms with Gasteiger partial charge in [-0.05, 0) is 18.6 Å². The van der Waals surface area contributed by atoms with Crippen molar-refractivity contribution in [2.24, 2.45) is 0 Å². The van der Waals surface area contributed by atoms with E-state index < -0.39 is 15.8 Å². The zero-order valence-electron chi connectivity index (χ0n) is 10.0. The third-order valence-corrected chi connectivity index (χ3v) is 3.65. The molecule has 0 aliphatic carbocycles. The molecule has 1 aromatic rings. The molecule has 0 saturated heterocycles. The highest BCUT2D eigenvalue weighted by molar-refractivity contribution is 7.92. The van der Waals surface area contributed by atoms with Crippen LogP contribution in [0.4, 0.5) is 15.8 Å². The fourth-order valence-corrected chi connectivity index (χ4v) is 3.01. The van der Waals surface area contributed by atoms with Crippen molar-refractivity contribution in [2.75, 3.05) is 22.4 Å². The molecule has 2 rings (SSSR count). The number of hydrogen-bond acceptors (Lipinski definition) is 3. The molecule has 0 radical (unpaired) electrons. The van der Waals surface area contributed by atoms with E-state index in [1.807, 2.05) is 6.92 Å². The van der Waals surface area contributed by atoms with E-state index in [2.05, 4.69) is 4.72 Å². The van der Waals surface area contributed by atoms with Crippen LogP contribution < -0.4 is 9.62 Å². The van der Waals surface area contributed by atoms with Crippen LogP contribution in [0.25, 0.3) is 0 Å². The molecule has 0 saturated carbocycles. The Hall–Kier alpha value is -1.21. The van der Waals surface area contributed by atoms with Gasteiger partial charge in [-0.2, -0.15) is 0 Å². The van der Waals surface area contributed by atoms with Gasteiger partial charge >= 0.3 is 0 Å². The van der Waals surface area contributed by atoms with Gasteiger partial charge in [0.1, 0.15) is 5.82 Å². The Morgan fingerprint density at radius 1 is 1.50 bits per heavy atom. The van der Waals surface area contributed by atoms with Gasteiger partial charge in [-0.25, -0.2) is 12.8 Å². The van der Waals surface area contributed by atoms with Crippen molar-refractivity contribution >= 4 is 38.6 Å². The zero-order valence-corrected chi connectivity index (χ0v) is 11.7. The number of nitrogens with zero attached hydrogens (tertiary/aromatic N) is 1. The summed E-state index contributed by atoms with van der Waals surface area (Å²) in [6, 6.07) is 2.80. The maximum atomic E-state index is 14.0. The summed E-state index contributed by atoms with van der Waals surface area (Å²) in [5.41, 5.74) is 1.41. The smallest absolute Gasteiger partial charge is 0.229 e. The molecular formula is C11H13FN2O2S2. The number of anilines is 2. The lowest BCUT2D eigenvalue weighted by molar-refractivity contribution is 0.606. The predicted octanol–water partition coefficient (Wildman–Crippen LogP) is 1.91. The van der Waals surface area contributed by atoms with E-state index in [0.29, 0.717) is 29.2 Å². The van der Waals surface area contributed by atoms with Crippen LogP contribution in [0.5, 0.6) is 0 Å². The summed E-state index contributed by atoms with van der Waals surface area (Å²) >= 11 is 5.18. The van der Waals surface area contributed by atoms with Crippen LogP contribution >= 0.6 is 12.2 Å². The number of benzene rings is 1. The molecule has 1 heterocycles. The van der Waals surface area contributed by atoms with Gasteiger partial charge in [0.2, 0.25) is 10.0 Å². The number of hydrogen-bond donors (Lipinski definition) is 1. The summed E-state index contributed by atoms with van der Waals surface area (Å²) in [5, 5.41) is 0.